The monoisotopic (exact) mass is 295 g/mol. The molecule has 7 heteroatoms. The molecule has 1 aromatic carbocycles. The van der Waals surface area contributed by atoms with Crippen LogP contribution < -0.4 is 5.32 Å². The van der Waals surface area contributed by atoms with Crippen LogP contribution in [-0.4, -0.2) is 29.8 Å². The summed E-state index contributed by atoms with van der Waals surface area (Å²) < 4.78 is 36.0. The molecule has 0 spiro atoms. The van der Waals surface area contributed by atoms with E-state index >= 15 is 0 Å². The molecular formula is C12H13ClF3NO2. The number of nitrogens with one attached hydrogen (secondary N) is 1. The van der Waals surface area contributed by atoms with Crippen LogP contribution in [0.3, 0.4) is 0 Å². The second-order valence-electron chi connectivity index (χ2n) is 3.95. The quantitative estimate of drug-likeness (QED) is 0.876. The summed E-state index contributed by atoms with van der Waals surface area (Å²) in [5.41, 5.74) is 0.746. The first-order valence-corrected chi connectivity index (χ1v) is 5.93. The molecule has 0 radical (unpaired) electrons. The van der Waals surface area contributed by atoms with E-state index in [1.807, 2.05) is 5.32 Å². The Bertz CT molecular complexity index is 437. The first-order valence-electron chi connectivity index (χ1n) is 5.55. The van der Waals surface area contributed by atoms with Crippen LogP contribution >= 0.6 is 11.6 Å². The van der Waals surface area contributed by atoms with Gasteiger partial charge >= 0.3 is 6.18 Å². The number of aliphatic hydroxyl groups is 1. The summed E-state index contributed by atoms with van der Waals surface area (Å²) in [4.78, 5) is 11.3. The van der Waals surface area contributed by atoms with Gasteiger partial charge in [0.1, 0.15) is 0 Å². The molecule has 0 saturated heterocycles. The van der Waals surface area contributed by atoms with Crippen LogP contribution in [0, 0.1) is 0 Å². The zero-order chi connectivity index (χ0) is 14.5. The Morgan fingerprint density at radius 1 is 1.37 bits per heavy atom. The van der Waals surface area contributed by atoms with Gasteiger partial charge < -0.3 is 10.4 Å². The zero-order valence-corrected chi connectivity index (χ0v) is 10.6. The van der Waals surface area contributed by atoms with E-state index < -0.39 is 24.7 Å². The second-order valence-corrected chi connectivity index (χ2v) is 4.36. The number of alkyl halides is 3. The van der Waals surface area contributed by atoms with Gasteiger partial charge in [-0.25, -0.2) is 0 Å². The molecule has 1 aromatic rings. The summed E-state index contributed by atoms with van der Waals surface area (Å²) in [5.74, 6) is -0.566. The molecule has 0 saturated carbocycles. The van der Waals surface area contributed by atoms with Crippen molar-refractivity contribution in [1.82, 2.24) is 5.32 Å². The van der Waals surface area contributed by atoms with E-state index in [1.165, 1.54) is 0 Å². The summed E-state index contributed by atoms with van der Waals surface area (Å²) in [6.45, 7) is -0.842. The van der Waals surface area contributed by atoms with Crippen LogP contribution in [-0.2, 0) is 11.2 Å². The molecule has 0 aliphatic rings. The van der Waals surface area contributed by atoms with Crippen molar-refractivity contribution in [3.8, 4) is 0 Å². The lowest BCUT2D eigenvalue weighted by molar-refractivity contribution is -0.201. The fraction of sp³-hybridized carbons (Fsp3) is 0.417. The molecule has 106 valence electrons. The smallest absolute Gasteiger partial charge is 0.382 e. The average molecular weight is 296 g/mol. The van der Waals surface area contributed by atoms with Crippen molar-refractivity contribution >= 4 is 17.5 Å². The summed E-state index contributed by atoms with van der Waals surface area (Å²) >= 11 is 5.87. The standard InChI is InChI=1S/C12H13ClF3NO2/c13-9-4-2-1-3-8(9)5-6-11(19)17-7-10(18)12(14,15)16/h1-4,10,18H,5-7H2,(H,17,19). The lowest BCUT2D eigenvalue weighted by Gasteiger charge is -2.15. The van der Waals surface area contributed by atoms with Gasteiger partial charge in [-0.15, -0.1) is 0 Å². The summed E-state index contributed by atoms with van der Waals surface area (Å²) in [6.07, 6.45) is -6.94. The molecule has 0 aliphatic carbocycles. The van der Waals surface area contributed by atoms with Crippen LogP contribution in [0.5, 0.6) is 0 Å². The van der Waals surface area contributed by atoms with Gasteiger partial charge in [-0.3, -0.25) is 4.79 Å². The lowest BCUT2D eigenvalue weighted by Crippen LogP contribution is -2.40. The molecule has 19 heavy (non-hydrogen) atoms. The van der Waals surface area contributed by atoms with E-state index in [2.05, 4.69) is 0 Å². The third kappa shape index (κ3) is 5.48. The van der Waals surface area contributed by atoms with Crippen molar-refractivity contribution in [2.75, 3.05) is 6.54 Å². The number of benzene rings is 1. The van der Waals surface area contributed by atoms with Gasteiger partial charge in [-0.05, 0) is 18.1 Å². The first-order chi connectivity index (χ1) is 8.80. The van der Waals surface area contributed by atoms with E-state index in [1.54, 1.807) is 24.3 Å². The van der Waals surface area contributed by atoms with Crippen molar-refractivity contribution in [3.63, 3.8) is 0 Å². The van der Waals surface area contributed by atoms with E-state index in [0.717, 1.165) is 5.56 Å². The Morgan fingerprint density at radius 3 is 2.58 bits per heavy atom. The van der Waals surface area contributed by atoms with Gasteiger partial charge in [0.25, 0.3) is 0 Å². The molecule has 2 N–H and O–H groups in total. The molecule has 1 rings (SSSR count). The summed E-state index contributed by atoms with van der Waals surface area (Å²) in [5, 5.41) is 11.2. The van der Waals surface area contributed by atoms with E-state index in [4.69, 9.17) is 16.7 Å². The van der Waals surface area contributed by atoms with Gasteiger partial charge in [-0.2, -0.15) is 13.2 Å². The van der Waals surface area contributed by atoms with Gasteiger partial charge in [0.05, 0.1) is 6.54 Å². The number of aliphatic hydroxyl groups excluding tert-OH is 1. The minimum absolute atomic E-state index is 0.00824. The number of hydrogen-bond donors (Lipinski definition) is 2. The van der Waals surface area contributed by atoms with Crippen LogP contribution in [0.1, 0.15) is 12.0 Å². The molecule has 1 amide bonds. The predicted octanol–water partition coefficient (Wildman–Crippen LogP) is 2.31. The summed E-state index contributed by atoms with van der Waals surface area (Å²) in [6, 6.07) is 6.90. The molecule has 0 fully saturated rings. The predicted molar refractivity (Wildman–Crippen MR) is 64.8 cm³/mol. The van der Waals surface area contributed by atoms with E-state index in [-0.39, 0.29) is 6.42 Å². The van der Waals surface area contributed by atoms with Crippen molar-refractivity contribution in [1.29, 1.82) is 0 Å². The van der Waals surface area contributed by atoms with Crippen LogP contribution in [0.4, 0.5) is 13.2 Å². The molecule has 0 aliphatic heterocycles. The third-order valence-corrected chi connectivity index (χ3v) is 2.82. The van der Waals surface area contributed by atoms with Crippen LogP contribution in [0.2, 0.25) is 5.02 Å². The fourth-order valence-electron chi connectivity index (χ4n) is 1.36. The number of carbonyl (C=O) groups excluding carboxylic acids is 1. The van der Waals surface area contributed by atoms with Gasteiger partial charge in [-0.1, -0.05) is 29.8 Å². The van der Waals surface area contributed by atoms with E-state index in [0.29, 0.717) is 11.4 Å². The number of aryl methyl sites for hydroxylation is 1. The highest BCUT2D eigenvalue weighted by molar-refractivity contribution is 6.31. The van der Waals surface area contributed by atoms with Crippen LogP contribution in [0.15, 0.2) is 24.3 Å². The minimum Gasteiger partial charge on any atom is -0.382 e. The first kappa shape index (κ1) is 15.8. The Hall–Kier alpha value is -1.27. The molecule has 0 bridgehead atoms. The Labute approximate surface area is 113 Å². The largest absolute Gasteiger partial charge is 0.416 e. The fourth-order valence-corrected chi connectivity index (χ4v) is 1.59. The van der Waals surface area contributed by atoms with Crippen molar-refractivity contribution < 1.29 is 23.1 Å². The molecule has 3 nitrogen and oxygen atoms in total. The number of amides is 1. The van der Waals surface area contributed by atoms with Gasteiger partial charge in [0.15, 0.2) is 6.10 Å². The molecule has 0 aromatic heterocycles. The maximum Gasteiger partial charge on any atom is 0.416 e. The summed E-state index contributed by atoms with van der Waals surface area (Å²) in [7, 11) is 0. The van der Waals surface area contributed by atoms with Crippen molar-refractivity contribution in [2.24, 2.45) is 0 Å². The van der Waals surface area contributed by atoms with Gasteiger partial charge in [0.2, 0.25) is 5.91 Å². The molecule has 1 unspecified atom stereocenters. The van der Waals surface area contributed by atoms with E-state index in [9.17, 15) is 18.0 Å². The topological polar surface area (TPSA) is 49.3 Å². The Balaban J connectivity index is 2.35. The zero-order valence-electron chi connectivity index (χ0n) is 9.88. The highest BCUT2D eigenvalue weighted by atomic mass is 35.5. The number of carbonyl (C=O) groups is 1. The maximum absolute atomic E-state index is 12.0. The number of hydrogen-bond acceptors (Lipinski definition) is 2. The highest BCUT2D eigenvalue weighted by Gasteiger charge is 2.38. The van der Waals surface area contributed by atoms with Crippen molar-refractivity contribution in [3.05, 3.63) is 34.9 Å². The molecule has 0 heterocycles. The number of rotatable bonds is 5. The number of halogens is 4. The SMILES string of the molecule is O=C(CCc1ccccc1Cl)NCC(O)C(F)(F)F. The highest BCUT2D eigenvalue weighted by Crippen LogP contribution is 2.19. The average Bonchev–Trinajstić information content (AvgIpc) is 2.33. The Kier molecular flexibility index (Phi) is 5.62. The van der Waals surface area contributed by atoms with Crippen LogP contribution in [0.25, 0.3) is 0 Å². The third-order valence-electron chi connectivity index (χ3n) is 2.45. The molecule has 1 atom stereocenters. The Morgan fingerprint density at radius 2 is 2.00 bits per heavy atom. The molecular weight excluding hydrogens is 283 g/mol. The normalized spacial score (nSPS) is 13.1. The maximum atomic E-state index is 12.0. The van der Waals surface area contributed by atoms with Crippen molar-refractivity contribution in [2.45, 2.75) is 25.1 Å². The lowest BCUT2D eigenvalue weighted by atomic mass is 10.1. The second kappa shape index (κ2) is 6.77. The van der Waals surface area contributed by atoms with Gasteiger partial charge in [0, 0.05) is 11.4 Å². The minimum atomic E-state index is -4.73.